The van der Waals surface area contributed by atoms with Crippen molar-refractivity contribution in [3.63, 3.8) is 0 Å². The molecule has 2 heterocycles. The van der Waals surface area contributed by atoms with Crippen LogP contribution < -0.4 is 0 Å². The molecule has 7 atom stereocenters. The van der Waals surface area contributed by atoms with Crippen molar-refractivity contribution in [2.24, 2.45) is 0 Å². The molecule has 2 aliphatic rings. The summed E-state index contributed by atoms with van der Waals surface area (Å²) in [6.07, 6.45) is 3.25. The third-order valence-corrected chi connectivity index (χ3v) is 24.3. The molecule has 0 N–H and O–H groups in total. The highest BCUT2D eigenvalue weighted by atomic mass is 127. The van der Waals surface area contributed by atoms with Gasteiger partial charge in [0.15, 0.2) is 25.0 Å². The Kier molecular flexibility index (Phi) is 12.5. The lowest BCUT2D eigenvalue weighted by molar-refractivity contribution is -0.266. The largest absolute Gasteiger partial charge is 0.408 e. The zero-order chi connectivity index (χ0) is 31.8. The Morgan fingerprint density at radius 1 is 0.780 bits per heavy atom. The van der Waals surface area contributed by atoms with Gasteiger partial charge in [-0.05, 0) is 77.4 Å². The zero-order valence-corrected chi connectivity index (χ0v) is 33.9. The van der Waals surface area contributed by atoms with E-state index in [4.69, 9.17) is 22.8 Å². The molecule has 2 rings (SSSR count). The molecule has 2 saturated heterocycles. The van der Waals surface area contributed by atoms with Gasteiger partial charge in [0.25, 0.3) is 0 Å². The number of fused-ring (bicyclic) bond motifs is 1. The number of carbonyl (C=O) groups excluding carboxylic acids is 1. The molecule has 2 aliphatic heterocycles. The number of hydrogen-bond acceptors (Lipinski definition) is 6. The molecule has 5 unspecified atom stereocenters. The maximum Gasteiger partial charge on any atom is 0.193 e. The first-order valence-corrected chi connectivity index (χ1v) is 25.4. The summed E-state index contributed by atoms with van der Waals surface area (Å²) in [6, 6.07) is 0. The minimum atomic E-state index is -2.28. The fourth-order valence-electron chi connectivity index (χ4n) is 4.63. The monoisotopic (exact) mass is 740 g/mol. The molecule has 0 amide bonds. The lowest BCUT2D eigenvalue weighted by atomic mass is 9.87. The second-order valence-electron chi connectivity index (χ2n) is 16.7. The van der Waals surface area contributed by atoms with E-state index in [1.54, 1.807) is 0 Å². The van der Waals surface area contributed by atoms with E-state index >= 15 is 0 Å². The second kappa shape index (κ2) is 13.5. The van der Waals surface area contributed by atoms with Gasteiger partial charge in [0.1, 0.15) is 30.7 Å². The number of hydrogen-bond donors (Lipinski definition) is 0. The van der Waals surface area contributed by atoms with Crippen LogP contribution in [0, 0.1) is 0 Å². The van der Waals surface area contributed by atoms with Crippen molar-refractivity contribution in [3.8, 4) is 0 Å². The molecule has 0 aromatic heterocycles. The molecule has 41 heavy (non-hydrogen) atoms. The van der Waals surface area contributed by atoms with Gasteiger partial charge in [-0.1, -0.05) is 84.9 Å². The van der Waals surface area contributed by atoms with Gasteiger partial charge in [-0.2, -0.15) is 0 Å². The maximum atomic E-state index is 11.5. The van der Waals surface area contributed by atoms with Gasteiger partial charge in [-0.3, -0.25) is 0 Å². The zero-order valence-electron chi connectivity index (χ0n) is 28.7. The quantitative estimate of drug-likeness (QED) is 0.127. The molecule has 0 bridgehead atoms. The summed E-state index contributed by atoms with van der Waals surface area (Å²) in [5.41, 5.74) is 0. The van der Waals surface area contributed by atoms with Crippen LogP contribution in [0.5, 0.6) is 0 Å². The Morgan fingerprint density at radius 3 is 1.71 bits per heavy atom. The van der Waals surface area contributed by atoms with Gasteiger partial charge < -0.3 is 27.5 Å². The third kappa shape index (κ3) is 9.08. The lowest BCUT2D eigenvalue weighted by Crippen LogP contribution is -2.69. The predicted molar refractivity (Wildman–Crippen MR) is 187 cm³/mol. The molecule has 240 valence electrons. The molecular formula is C31H61IO6Si3. The van der Waals surface area contributed by atoms with E-state index in [-0.39, 0.29) is 57.8 Å². The van der Waals surface area contributed by atoms with E-state index in [0.29, 0.717) is 6.42 Å². The van der Waals surface area contributed by atoms with Crippen LogP contribution in [0.4, 0.5) is 0 Å². The first-order valence-electron chi connectivity index (χ1n) is 15.4. The van der Waals surface area contributed by atoms with E-state index in [0.717, 1.165) is 19.1 Å². The third-order valence-electron chi connectivity index (χ3n) is 10.4. The molecule has 0 radical (unpaired) electrons. The van der Waals surface area contributed by atoms with Crippen LogP contribution in [0.25, 0.3) is 0 Å². The van der Waals surface area contributed by atoms with Crippen LogP contribution in [-0.4, -0.2) is 74.0 Å². The average Bonchev–Trinajstić information content (AvgIpc) is 2.78. The van der Waals surface area contributed by atoms with E-state index in [1.165, 1.54) is 0 Å². The molecule has 6 nitrogen and oxygen atoms in total. The summed E-state index contributed by atoms with van der Waals surface area (Å²) in [7, 11) is -6.69. The van der Waals surface area contributed by atoms with Crippen LogP contribution in [0.15, 0.2) is 10.2 Å². The van der Waals surface area contributed by atoms with Crippen LogP contribution in [0.1, 0.15) is 81.6 Å². The van der Waals surface area contributed by atoms with E-state index < -0.39 is 25.0 Å². The average molecular weight is 741 g/mol. The van der Waals surface area contributed by atoms with Crippen molar-refractivity contribution in [1.29, 1.82) is 0 Å². The highest BCUT2D eigenvalue weighted by Crippen LogP contribution is 2.47. The number of ether oxygens (including phenoxy) is 2. The Bertz CT molecular complexity index is 903. The first kappa shape index (κ1) is 37.8. The standard InChI is InChI=1S/C31H61IO6Si3/c1-29(2,3)39(10,11)36-24(18-20-32)26-28(38-41(14,15)31(7,8)9)27(37-40(12,13)30(4,5)6)25-23(35-26)17-16-22(34-25)19-21-33/h18,20-28H,16-17,19H2,1-15H3/b20-18+/t22-,23+,24?,25?,26?,27?,28?/m1/s1. The molecule has 10 heteroatoms. The summed E-state index contributed by atoms with van der Waals surface area (Å²) in [6.45, 7) is 34.3. The number of halogens is 1. The van der Waals surface area contributed by atoms with E-state index in [2.05, 4.69) is 134 Å². The number of carbonyl (C=O) groups is 1. The molecule has 0 aliphatic carbocycles. The predicted octanol–water partition coefficient (Wildman–Crippen LogP) is 9.01. The molecule has 0 aromatic carbocycles. The minimum absolute atomic E-state index is 0.00170. The van der Waals surface area contributed by atoms with Crippen molar-refractivity contribution < 1.29 is 27.5 Å². The van der Waals surface area contributed by atoms with Crippen LogP contribution in [0.2, 0.25) is 54.4 Å². The number of aldehydes is 1. The van der Waals surface area contributed by atoms with E-state index in [9.17, 15) is 4.79 Å². The normalized spacial score (nSPS) is 29.9. The van der Waals surface area contributed by atoms with Crippen molar-refractivity contribution >= 4 is 53.8 Å². The number of rotatable bonds is 10. The second-order valence-corrected chi connectivity index (χ2v) is 31.7. The molecule has 2 fully saturated rings. The Balaban J connectivity index is 2.73. The summed E-state index contributed by atoms with van der Waals surface area (Å²) in [4.78, 5) is 11.5. The van der Waals surface area contributed by atoms with Crippen LogP contribution in [-0.2, 0) is 27.5 Å². The summed E-state index contributed by atoms with van der Waals surface area (Å²) in [5, 5.41) is 0.0521. The lowest BCUT2D eigenvalue weighted by Gasteiger charge is -2.56. The first-order chi connectivity index (χ1) is 18.4. The fraction of sp³-hybridized carbons (Fsp3) is 0.903. The SMILES string of the molecule is CC(C)(C)[Si](C)(C)OC(/C=C/I)C1O[C@H]2CC[C@H](CC=O)OC2C(O[Si](C)(C)C(C)(C)C)C1O[Si](C)(C)C(C)(C)C. The van der Waals surface area contributed by atoms with Gasteiger partial charge in [-0.15, -0.1) is 0 Å². The summed E-state index contributed by atoms with van der Waals surface area (Å²) in [5.74, 6) is 0. The van der Waals surface area contributed by atoms with Crippen LogP contribution in [0.3, 0.4) is 0 Å². The van der Waals surface area contributed by atoms with Gasteiger partial charge in [0.2, 0.25) is 0 Å². The van der Waals surface area contributed by atoms with Gasteiger partial charge >= 0.3 is 0 Å². The van der Waals surface area contributed by atoms with Gasteiger partial charge in [0, 0.05) is 6.42 Å². The fourth-order valence-corrected chi connectivity index (χ4v) is 8.89. The van der Waals surface area contributed by atoms with Gasteiger partial charge in [0.05, 0.1) is 18.3 Å². The topological polar surface area (TPSA) is 63.2 Å². The van der Waals surface area contributed by atoms with E-state index in [1.807, 2.05) is 0 Å². The van der Waals surface area contributed by atoms with Crippen molar-refractivity contribution in [1.82, 2.24) is 0 Å². The van der Waals surface area contributed by atoms with Crippen molar-refractivity contribution in [3.05, 3.63) is 10.2 Å². The maximum absolute atomic E-state index is 11.5. The molecule has 0 aromatic rings. The Labute approximate surface area is 268 Å². The van der Waals surface area contributed by atoms with Crippen LogP contribution >= 0.6 is 22.6 Å². The van der Waals surface area contributed by atoms with Crippen molar-refractivity contribution in [2.75, 3.05) is 0 Å². The summed E-state index contributed by atoms with van der Waals surface area (Å²) >= 11 is 2.29. The summed E-state index contributed by atoms with van der Waals surface area (Å²) < 4.78 is 37.6. The van der Waals surface area contributed by atoms with Gasteiger partial charge in [-0.25, -0.2) is 0 Å². The highest BCUT2D eigenvalue weighted by molar-refractivity contribution is 14.1. The smallest absolute Gasteiger partial charge is 0.193 e. The Morgan fingerprint density at radius 2 is 1.27 bits per heavy atom. The molecule has 0 saturated carbocycles. The molecule has 0 spiro atoms. The molecular weight excluding hydrogens is 679 g/mol. The Hall–Kier alpha value is 0.591. The van der Waals surface area contributed by atoms with Crippen molar-refractivity contribution in [2.45, 2.75) is 179 Å². The highest BCUT2D eigenvalue weighted by Gasteiger charge is 2.57. The minimum Gasteiger partial charge on any atom is -0.408 e.